The van der Waals surface area contributed by atoms with Gasteiger partial charge in [0.1, 0.15) is 5.75 Å². The van der Waals surface area contributed by atoms with Crippen molar-refractivity contribution in [1.82, 2.24) is 4.90 Å². The van der Waals surface area contributed by atoms with Crippen molar-refractivity contribution in [2.24, 2.45) is 11.8 Å². The van der Waals surface area contributed by atoms with E-state index in [1.807, 2.05) is 35.2 Å². The van der Waals surface area contributed by atoms with Gasteiger partial charge in [-0.3, -0.25) is 0 Å². The topological polar surface area (TPSA) is 29.5 Å². The van der Waals surface area contributed by atoms with Crippen LogP contribution in [0.15, 0.2) is 42.5 Å². The average molecular weight is 243 g/mol. The molecular weight excluding hydrogens is 226 g/mol. The van der Waals surface area contributed by atoms with Gasteiger partial charge in [-0.05, 0) is 36.8 Å². The van der Waals surface area contributed by atoms with Crippen LogP contribution in [0.3, 0.4) is 0 Å². The van der Waals surface area contributed by atoms with Crippen LogP contribution in [0, 0.1) is 11.8 Å². The van der Waals surface area contributed by atoms with Crippen LogP contribution in [0.25, 0.3) is 0 Å². The molecule has 2 unspecified atom stereocenters. The minimum absolute atomic E-state index is 0.212. The monoisotopic (exact) mass is 243 g/mol. The number of likely N-dealkylation sites (tertiary alicyclic amines) is 1. The summed E-state index contributed by atoms with van der Waals surface area (Å²) in [4.78, 5) is 13.9. The van der Waals surface area contributed by atoms with Gasteiger partial charge < -0.3 is 9.64 Å². The van der Waals surface area contributed by atoms with Gasteiger partial charge in [-0.25, -0.2) is 4.79 Å². The van der Waals surface area contributed by atoms with E-state index in [1.165, 1.54) is 0 Å². The molecule has 18 heavy (non-hydrogen) atoms. The van der Waals surface area contributed by atoms with Crippen LogP contribution in [0.1, 0.15) is 12.8 Å². The van der Waals surface area contributed by atoms with E-state index in [9.17, 15) is 4.79 Å². The predicted molar refractivity (Wildman–Crippen MR) is 69.4 cm³/mol. The number of carbonyl (C=O) groups excluding carboxylic acids is 1. The van der Waals surface area contributed by atoms with Gasteiger partial charge in [0.05, 0.1) is 0 Å². The number of allylic oxidation sites excluding steroid dienone is 2. The van der Waals surface area contributed by atoms with Gasteiger partial charge in [0.2, 0.25) is 0 Å². The molecule has 0 radical (unpaired) electrons. The zero-order valence-corrected chi connectivity index (χ0v) is 10.3. The lowest BCUT2D eigenvalue weighted by Gasteiger charge is -2.17. The lowest BCUT2D eigenvalue weighted by Crippen LogP contribution is -2.31. The lowest BCUT2D eigenvalue weighted by molar-refractivity contribution is 0.160. The second-order valence-electron chi connectivity index (χ2n) is 5.05. The molecule has 1 amide bonds. The lowest BCUT2D eigenvalue weighted by atomic mass is 9.86. The van der Waals surface area contributed by atoms with Crippen molar-refractivity contribution >= 4 is 6.09 Å². The molecule has 1 saturated heterocycles. The summed E-state index contributed by atoms with van der Waals surface area (Å²) in [5.41, 5.74) is 0. The molecule has 0 bridgehead atoms. The minimum atomic E-state index is -0.212. The second kappa shape index (κ2) is 4.84. The van der Waals surface area contributed by atoms with Gasteiger partial charge in [0.15, 0.2) is 0 Å². The third-order valence-corrected chi connectivity index (χ3v) is 3.83. The molecule has 1 aromatic rings. The van der Waals surface area contributed by atoms with E-state index in [1.54, 1.807) is 0 Å². The highest BCUT2D eigenvalue weighted by molar-refractivity contribution is 5.71. The van der Waals surface area contributed by atoms with Gasteiger partial charge >= 0.3 is 6.09 Å². The second-order valence-corrected chi connectivity index (χ2v) is 5.05. The summed E-state index contributed by atoms with van der Waals surface area (Å²) >= 11 is 0. The number of ether oxygens (including phenoxy) is 1. The van der Waals surface area contributed by atoms with Crippen molar-refractivity contribution in [3.8, 4) is 5.75 Å². The Hall–Kier alpha value is -1.77. The largest absolute Gasteiger partial charge is 0.415 e. The van der Waals surface area contributed by atoms with E-state index in [-0.39, 0.29) is 6.09 Å². The van der Waals surface area contributed by atoms with Crippen LogP contribution in [0.5, 0.6) is 5.75 Å². The van der Waals surface area contributed by atoms with Gasteiger partial charge in [0, 0.05) is 13.1 Å². The van der Waals surface area contributed by atoms with Gasteiger partial charge in [-0.2, -0.15) is 0 Å². The summed E-state index contributed by atoms with van der Waals surface area (Å²) in [5, 5.41) is 0. The number of carbonyl (C=O) groups is 1. The normalized spacial score (nSPS) is 25.9. The number of para-hydroxylation sites is 1. The highest BCUT2D eigenvalue weighted by atomic mass is 16.6. The van der Waals surface area contributed by atoms with Crippen LogP contribution in [0.2, 0.25) is 0 Å². The molecule has 2 aliphatic rings. The van der Waals surface area contributed by atoms with Gasteiger partial charge in [0.25, 0.3) is 0 Å². The molecule has 3 nitrogen and oxygen atoms in total. The summed E-state index contributed by atoms with van der Waals surface area (Å²) in [7, 11) is 0. The van der Waals surface area contributed by atoms with Crippen LogP contribution in [0.4, 0.5) is 4.79 Å². The SMILES string of the molecule is O=C(Oc1ccccc1)N1CC2CC=CCC2C1. The highest BCUT2D eigenvalue weighted by Crippen LogP contribution is 2.33. The maximum Gasteiger partial charge on any atom is 0.415 e. The number of hydrogen-bond acceptors (Lipinski definition) is 2. The third kappa shape index (κ3) is 2.26. The Balaban J connectivity index is 1.61. The molecule has 1 fully saturated rings. The fourth-order valence-corrected chi connectivity index (χ4v) is 2.82. The molecule has 0 spiro atoms. The summed E-state index contributed by atoms with van der Waals surface area (Å²) in [6.07, 6.45) is 6.44. The number of amides is 1. The van der Waals surface area contributed by atoms with Gasteiger partial charge in [-0.1, -0.05) is 30.4 Å². The predicted octanol–water partition coefficient (Wildman–Crippen LogP) is 3.08. The maximum atomic E-state index is 12.0. The van der Waals surface area contributed by atoms with Crippen molar-refractivity contribution in [2.45, 2.75) is 12.8 Å². The van der Waals surface area contributed by atoms with Crippen molar-refractivity contribution in [3.05, 3.63) is 42.5 Å². The Bertz CT molecular complexity index is 439. The molecule has 2 atom stereocenters. The van der Waals surface area contributed by atoms with Gasteiger partial charge in [-0.15, -0.1) is 0 Å². The van der Waals surface area contributed by atoms with E-state index in [2.05, 4.69) is 12.2 Å². The smallest absolute Gasteiger partial charge is 0.410 e. The molecule has 0 saturated carbocycles. The van der Waals surface area contributed by atoms with Crippen LogP contribution in [-0.2, 0) is 0 Å². The summed E-state index contributed by atoms with van der Waals surface area (Å²) in [6, 6.07) is 9.27. The fraction of sp³-hybridized carbons (Fsp3) is 0.400. The first-order valence-corrected chi connectivity index (χ1v) is 6.50. The number of nitrogens with zero attached hydrogens (tertiary/aromatic N) is 1. The molecule has 1 heterocycles. The third-order valence-electron chi connectivity index (χ3n) is 3.83. The number of hydrogen-bond donors (Lipinski definition) is 0. The molecular formula is C15H17NO2. The summed E-state index contributed by atoms with van der Waals surface area (Å²) in [6.45, 7) is 1.67. The van der Waals surface area contributed by atoms with Crippen LogP contribution >= 0.6 is 0 Å². The highest BCUT2D eigenvalue weighted by Gasteiger charge is 2.35. The Morgan fingerprint density at radius 3 is 2.28 bits per heavy atom. The number of fused-ring (bicyclic) bond motifs is 1. The molecule has 94 valence electrons. The molecule has 0 N–H and O–H groups in total. The quantitative estimate of drug-likeness (QED) is 0.709. The Morgan fingerprint density at radius 2 is 1.67 bits per heavy atom. The first-order chi connectivity index (χ1) is 8.83. The van der Waals surface area contributed by atoms with E-state index in [4.69, 9.17) is 4.74 Å². The Labute approximate surface area is 107 Å². The minimum Gasteiger partial charge on any atom is -0.410 e. The van der Waals surface area contributed by atoms with E-state index >= 15 is 0 Å². The van der Waals surface area contributed by atoms with E-state index < -0.39 is 0 Å². The summed E-state index contributed by atoms with van der Waals surface area (Å²) < 4.78 is 5.37. The molecule has 1 aliphatic carbocycles. The first-order valence-electron chi connectivity index (χ1n) is 6.50. The Kier molecular flexibility index (Phi) is 3.05. The number of rotatable bonds is 1. The standard InChI is InChI=1S/C15H17NO2/c17-15(18-14-8-2-1-3-9-14)16-10-12-6-4-5-7-13(12)11-16/h1-5,8-9,12-13H,6-7,10-11H2. The average Bonchev–Trinajstić information content (AvgIpc) is 2.84. The molecule has 0 aromatic heterocycles. The van der Waals surface area contributed by atoms with Crippen LogP contribution < -0.4 is 4.74 Å². The van der Waals surface area contributed by atoms with Crippen molar-refractivity contribution in [3.63, 3.8) is 0 Å². The van der Waals surface area contributed by atoms with E-state index in [0.29, 0.717) is 17.6 Å². The molecule has 1 aromatic carbocycles. The first kappa shape index (κ1) is 11.3. The van der Waals surface area contributed by atoms with Crippen molar-refractivity contribution in [1.29, 1.82) is 0 Å². The zero-order valence-electron chi connectivity index (χ0n) is 10.3. The maximum absolute atomic E-state index is 12.0. The summed E-state index contributed by atoms with van der Waals surface area (Å²) in [5.74, 6) is 1.87. The van der Waals surface area contributed by atoms with Crippen molar-refractivity contribution in [2.75, 3.05) is 13.1 Å². The molecule has 3 heteroatoms. The zero-order chi connectivity index (χ0) is 12.4. The van der Waals surface area contributed by atoms with E-state index in [0.717, 1.165) is 25.9 Å². The molecule has 3 rings (SSSR count). The number of benzene rings is 1. The van der Waals surface area contributed by atoms with Crippen LogP contribution in [-0.4, -0.2) is 24.1 Å². The van der Waals surface area contributed by atoms with Crippen molar-refractivity contribution < 1.29 is 9.53 Å². The fourth-order valence-electron chi connectivity index (χ4n) is 2.82. The molecule has 1 aliphatic heterocycles. The Morgan fingerprint density at radius 1 is 1.06 bits per heavy atom.